The van der Waals surface area contributed by atoms with E-state index < -0.39 is 46.9 Å². The number of nitrogens with zero attached hydrogens (tertiary/aromatic N) is 2. The second-order valence-electron chi connectivity index (χ2n) is 14.3. The average Bonchev–Trinajstić information content (AvgIpc) is 3.02. The Morgan fingerprint density at radius 1 is 1.10 bits per heavy atom. The molecule has 260 valence electrons. The highest BCUT2D eigenvalue weighted by molar-refractivity contribution is 6.04. The SMILES string of the molecule is CCC1(CC)CC(=O)N([C@H]2c3cc(C(=O)N[C@@H]4c5ccccc5OC(C)(C)[C@H]4O)ccc3OC[C@H]2COC)/C(=N/C(=O)OC(C)(C)C)N1. The number of aliphatic hydroxyl groups is 1. The smallest absolute Gasteiger partial charge is 0.437 e. The number of aliphatic hydroxyl groups excluding tert-OH is 1. The molecule has 0 bridgehead atoms. The largest absolute Gasteiger partial charge is 0.493 e. The summed E-state index contributed by atoms with van der Waals surface area (Å²) in [5, 5.41) is 17.7. The molecule has 2 aromatic carbocycles. The van der Waals surface area contributed by atoms with Crippen molar-refractivity contribution in [3.05, 3.63) is 59.2 Å². The number of hydrogen-bond donors (Lipinski definition) is 3. The van der Waals surface area contributed by atoms with Gasteiger partial charge in [0.25, 0.3) is 5.91 Å². The van der Waals surface area contributed by atoms with Crippen molar-refractivity contribution in [2.45, 2.75) is 103 Å². The number of rotatable bonds is 7. The molecule has 0 radical (unpaired) electrons. The summed E-state index contributed by atoms with van der Waals surface area (Å²) in [4.78, 5) is 47.0. The number of carbonyl (C=O) groups is 3. The van der Waals surface area contributed by atoms with Crippen molar-refractivity contribution in [3.8, 4) is 11.5 Å². The van der Waals surface area contributed by atoms with E-state index in [0.29, 0.717) is 41.0 Å². The Bertz CT molecular complexity index is 1580. The number of amides is 3. The van der Waals surface area contributed by atoms with E-state index in [4.69, 9.17) is 18.9 Å². The summed E-state index contributed by atoms with van der Waals surface area (Å²) >= 11 is 0. The van der Waals surface area contributed by atoms with E-state index in [1.807, 2.05) is 38.1 Å². The zero-order valence-electron chi connectivity index (χ0n) is 29.1. The zero-order valence-corrected chi connectivity index (χ0v) is 29.1. The van der Waals surface area contributed by atoms with Gasteiger partial charge < -0.3 is 34.7 Å². The third kappa shape index (κ3) is 7.00. The summed E-state index contributed by atoms with van der Waals surface area (Å²) in [5.41, 5.74) is -0.815. The van der Waals surface area contributed by atoms with E-state index in [1.54, 1.807) is 59.9 Å². The maximum Gasteiger partial charge on any atom is 0.437 e. The first-order valence-electron chi connectivity index (χ1n) is 16.6. The minimum atomic E-state index is -1.03. The Morgan fingerprint density at radius 2 is 1.81 bits per heavy atom. The van der Waals surface area contributed by atoms with Crippen molar-refractivity contribution >= 4 is 23.9 Å². The third-order valence-electron chi connectivity index (χ3n) is 9.40. The quantitative estimate of drug-likeness (QED) is 0.370. The minimum absolute atomic E-state index is 0.0853. The predicted molar refractivity (Wildman–Crippen MR) is 179 cm³/mol. The lowest BCUT2D eigenvalue weighted by atomic mass is 9.83. The van der Waals surface area contributed by atoms with E-state index in [1.165, 1.54) is 4.90 Å². The van der Waals surface area contributed by atoms with Gasteiger partial charge in [0.1, 0.15) is 28.8 Å². The van der Waals surface area contributed by atoms with Gasteiger partial charge in [0.2, 0.25) is 11.9 Å². The first-order valence-corrected chi connectivity index (χ1v) is 16.6. The van der Waals surface area contributed by atoms with Crippen LogP contribution in [0.25, 0.3) is 0 Å². The fourth-order valence-corrected chi connectivity index (χ4v) is 6.68. The molecule has 0 aromatic heterocycles. The van der Waals surface area contributed by atoms with Crippen LogP contribution in [0.15, 0.2) is 47.5 Å². The number of fused-ring (bicyclic) bond motifs is 2. The molecule has 1 fully saturated rings. The Morgan fingerprint density at radius 3 is 2.48 bits per heavy atom. The number of para-hydroxylation sites is 1. The molecule has 3 aliphatic heterocycles. The molecule has 0 spiro atoms. The molecule has 3 aliphatic rings. The molecular weight excluding hydrogens is 616 g/mol. The second-order valence-corrected chi connectivity index (χ2v) is 14.3. The minimum Gasteiger partial charge on any atom is -0.493 e. The molecule has 3 N–H and O–H groups in total. The highest BCUT2D eigenvalue weighted by Crippen LogP contribution is 2.43. The van der Waals surface area contributed by atoms with Crippen LogP contribution in [-0.2, 0) is 14.3 Å². The van der Waals surface area contributed by atoms with E-state index in [9.17, 15) is 19.5 Å². The number of guanidine groups is 1. The van der Waals surface area contributed by atoms with Crippen molar-refractivity contribution < 1.29 is 38.4 Å². The predicted octanol–water partition coefficient (Wildman–Crippen LogP) is 5.06. The molecule has 0 unspecified atom stereocenters. The summed E-state index contributed by atoms with van der Waals surface area (Å²) in [6, 6.07) is 10.9. The van der Waals surface area contributed by atoms with Crippen LogP contribution in [-0.4, -0.2) is 77.0 Å². The number of methoxy groups -OCH3 is 1. The highest BCUT2D eigenvalue weighted by Gasteiger charge is 2.48. The van der Waals surface area contributed by atoms with Gasteiger partial charge in [-0.25, -0.2) is 4.79 Å². The van der Waals surface area contributed by atoms with Gasteiger partial charge in [0, 0.05) is 35.3 Å². The number of aliphatic imine (C=N–C) groups is 1. The number of ether oxygens (including phenoxy) is 4. The molecule has 5 rings (SSSR count). The Balaban J connectivity index is 1.55. The van der Waals surface area contributed by atoms with Crippen LogP contribution < -0.4 is 20.1 Å². The molecule has 48 heavy (non-hydrogen) atoms. The molecular formula is C36H48N4O8. The van der Waals surface area contributed by atoms with Gasteiger partial charge in [-0.15, -0.1) is 4.99 Å². The molecule has 1 saturated heterocycles. The second kappa shape index (κ2) is 13.4. The van der Waals surface area contributed by atoms with Crippen molar-refractivity contribution in [3.63, 3.8) is 0 Å². The number of carbonyl (C=O) groups excluding carboxylic acids is 3. The van der Waals surface area contributed by atoms with E-state index in [0.717, 1.165) is 0 Å². The number of nitrogens with one attached hydrogen (secondary N) is 2. The Hall–Kier alpha value is -4.16. The normalized spacial score (nSPS) is 25.1. The lowest BCUT2D eigenvalue weighted by Gasteiger charge is -2.48. The van der Waals surface area contributed by atoms with E-state index in [2.05, 4.69) is 15.6 Å². The van der Waals surface area contributed by atoms with Gasteiger partial charge in [0.15, 0.2) is 0 Å². The first kappa shape index (κ1) is 35.2. The van der Waals surface area contributed by atoms with Crippen molar-refractivity contribution in [1.29, 1.82) is 0 Å². The van der Waals surface area contributed by atoms with Gasteiger partial charge in [-0.3, -0.25) is 14.5 Å². The summed E-state index contributed by atoms with van der Waals surface area (Å²) in [6.07, 6.45) is -0.420. The van der Waals surface area contributed by atoms with E-state index in [-0.39, 0.29) is 37.4 Å². The maximum atomic E-state index is 14.2. The van der Waals surface area contributed by atoms with Crippen LogP contribution in [0.4, 0.5) is 4.79 Å². The van der Waals surface area contributed by atoms with Gasteiger partial charge in [-0.2, -0.15) is 0 Å². The molecule has 12 heteroatoms. The van der Waals surface area contributed by atoms with Crippen LogP contribution >= 0.6 is 0 Å². The van der Waals surface area contributed by atoms with Crippen molar-refractivity contribution in [1.82, 2.24) is 15.5 Å². The lowest BCUT2D eigenvalue weighted by Crippen LogP contribution is -2.64. The average molecular weight is 665 g/mol. The van der Waals surface area contributed by atoms with Crippen LogP contribution in [0.3, 0.4) is 0 Å². The number of benzene rings is 2. The Labute approximate surface area is 282 Å². The van der Waals surface area contributed by atoms with Crippen LogP contribution in [0.5, 0.6) is 11.5 Å². The van der Waals surface area contributed by atoms with Crippen LogP contribution in [0.2, 0.25) is 0 Å². The maximum absolute atomic E-state index is 14.2. The van der Waals surface area contributed by atoms with Gasteiger partial charge in [0.05, 0.1) is 31.7 Å². The fourth-order valence-electron chi connectivity index (χ4n) is 6.68. The Kier molecular flexibility index (Phi) is 9.81. The highest BCUT2D eigenvalue weighted by atomic mass is 16.6. The molecule has 2 aromatic rings. The molecule has 12 nitrogen and oxygen atoms in total. The van der Waals surface area contributed by atoms with Gasteiger partial charge in [-0.1, -0.05) is 32.0 Å². The van der Waals surface area contributed by atoms with Crippen LogP contribution in [0.1, 0.15) is 101 Å². The summed E-state index contributed by atoms with van der Waals surface area (Å²) in [6.45, 7) is 13.2. The number of hydrogen-bond acceptors (Lipinski definition) is 8. The van der Waals surface area contributed by atoms with Gasteiger partial charge in [-0.05, 0) is 71.7 Å². The topological polar surface area (TPSA) is 148 Å². The zero-order chi connectivity index (χ0) is 35.0. The lowest BCUT2D eigenvalue weighted by molar-refractivity contribution is -0.134. The molecule has 0 aliphatic carbocycles. The van der Waals surface area contributed by atoms with Crippen LogP contribution in [0, 0.1) is 5.92 Å². The molecule has 4 atom stereocenters. The summed E-state index contributed by atoms with van der Waals surface area (Å²) < 4.78 is 23.3. The molecule has 0 saturated carbocycles. The fraction of sp³-hybridized carbons (Fsp3) is 0.556. The summed E-state index contributed by atoms with van der Waals surface area (Å²) in [5.74, 6) is 0.149. The molecule has 3 heterocycles. The van der Waals surface area contributed by atoms with Gasteiger partial charge >= 0.3 is 6.09 Å². The van der Waals surface area contributed by atoms with Crippen molar-refractivity contribution in [2.75, 3.05) is 20.3 Å². The first-order chi connectivity index (χ1) is 22.6. The summed E-state index contributed by atoms with van der Waals surface area (Å²) in [7, 11) is 1.57. The van der Waals surface area contributed by atoms with Crippen molar-refractivity contribution in [2.24, 2.45) is 10.9 Å². The van der Waals surface area contributed by atoms with E-state index >= 15 is 0 Å². The monoisotopic (exact) mass is 664 g/mol. The standard InChI is InChI=1S/C36H48N4O8/c1-9-36(10-2)18-27(41)40(32(39-36)38-33(44)48-34(3,4)5)29-22(19-45-8)20-46-25-16-15-21(17-24(25)29)31(43)37-28-23-13-11-12-14-26(23)47-35(6,7)30(28)42/h11-17,22,28-30,42H,9-10,18-20H2,1-8H3,(H,37,43)(H,38,39,44)/t22-,28-,29-,30+/m1/s1. The third-order valence-corrected chi connectivity index (χ3v) is 9.40. The molecule has 3 amide bonds.